The summed E-state index contributed by atoms with van der Waals surface area (Å²) in [6, 6.07) is 9.34. The second kappa shape index (κ2) is 6.75. The molecule has 3 aromatic rings. The average Bonchev–Trinajstić information content (AvgIpc) is 3.41. The maximum absolute atomic E-state index is 12.8. The van der Waals surface area contributed by atoms with Crippen LogP contribution >= 0.6 is 0 Å². The second-order valence-electron chi connectivity index (χ2n) is 6.76. The van der Waals surface area contributed by atoms with E-state index in [-0.39, 0.29) is 24.1 Å². The van der Waals surface area contributed by atoms with Gasteiger partial charge in [-0.2, -0.15) is 0 Å². The molecule has 0 unspecified atom stereocenters. The van der Waals surface area contributed by atoms with Gasteiger partial charge in [-0.1, -0.05) is 18.2 Å². The van der Waals surface area contributed by atoms with Crippen molar-refractivity contribution in [1.29, 1.82) is 0 Å². The Bertz CT molecular complexity index is 1090. The van der Waals surface area contributed by atoms with Crippen LogP contribution in [-0.2, 0) is 6.54 Å². The van der Waals surface area contributed by atoms with E-state index in [0.717, 1.165) is 29.3 Å². The first kappa shape index (κ1) is 17.1. The molecule has 138 valence electrons. The minimum absolute atomic E-state index is 0.0409. The topological polar surface area (TPSA) is 96.0 Å². The van der Waals surface area contributed by atoms with E-state index >= 15 is 0 Å². The van der Waals surface area contributed by atoms with E-state index in [4.69, 9.17) is 0 Å². The summed E-state index contributed by atoms with van der Waals surface area (Å²) < 4.78 is 1.42. The third-order valence-corrected chi connectivity index (χ3v) is 4.75. The Labute approximate surface area is 155 Å². The Morgan fingerprint density at radius 2 is 2.00 bits per heavy atom. The largest absolute Gasteiger partial charge is 0.361 e. The van der Waals surface area contributed by atoms with Gasteiger partial charge in [0.1, 0.15) is 5.56 Å². The van der Waals surface area contributed by atoms with Gasteiger partial charge in [0.05, 0.1) is 12.1 Å². The number of rotatable bonds is 5. The van der Waals surface area contributed by atoms with Crippen LogP contribution in [0.3, 0.4) is 0 Å². The van der Waals surface area contributed by atoms with Gasteiger partial charge >= 0.3 is 0 Å². The molecule has 0 radical (unpaired) electrons. The Balaban J connectivity index is 1.76. The molecule has 0 saturated heterocycles. The molecule has 1 saturated carbocycles. The lowest BCUT2D eigenvalue weighted by atomic mass is 10.1. The van der Waals surface area contributed by atoms with Crippen molar-refractivity contribution in [1.82, 2.24) is 20.2 Å². The van der Waals surface area contributed by atoms with Gasteiger partial charge < -0.3 is 20.2 Å². The fraction of sp³-hybridized carbons (Fsp3) is 0.250. The zero-order valence-corrected chi connectivity index (χ0v) is 14.9. The lowest BCUT2D eigenvalue weighted by molar-refractivity contribution is 0.0950. The summed E-state index contributed by atoms with van der Waals surface area (Å²) in [5.74, 6) is -0.774. The Morgan fingerprint density at radius 1 is 1.22 bits per heavy atom. The van der Waals surface area contributed by atoms with Gasteiger partial charge in [-0.05, 0) is 30.5 Å². The molecule has 1 fully saturated rings. The fourth-order valence-electron chi connectivity index (χ4n) is 3.12. The Hall–Kier alpha value is -3.35. The molecule has 2 heterocycles. The average molecular weight is 364 g/mol. The van der Waals surface area contributed by atoms with E-state index in [2.05, 4.69) is 15.6 Å². The van der Waals surface area contributed by atoms with Crippen LogP contribution < -0.4 is 16.2 Å². The smallest absolute Gasteiger partial charge is 0.263 e. The number of hydrogen-bond donors (Lipinski definition) is 3. The van der Waals surface area contributed by atoms with Crippen LogP contribution in [0.2, 0.25) is 0 Å². The third kappa shape index (κ3) is 3.36. The molecule has 0 bridgehead atoms. The van der Waals surface area contributed by atoms with Gasteiger partial charge in [-0.3, -0.25) is 14.4 Å². The molecule has 3 N–H and O–H groups in total. The highest BCUT2D eigenvalue weighted by molar-refractivity contribution is 5.99. The van der Waals surface area contributed by atoms with E-state index in [0.29, 0.717) is 5.56 Å². The number of nitrogens with zero attached hydrogens (tertiary/aromatic N) is 1. The number of carbonyl (C=O) groups is 2. The van der Waals surface area contributed by atoms with E-state index in [1.165, 1.54) is 23.9 Å². The summed E-state index contributed by atoms with van der Waals surface area (Å²) in [4.78, 5) is 40.6. The van der Waals surface area contributed by atoms with Crippen molar-refractivity contribution in [3.8, 4) is 0 Å². The molecule has 0 spiro atoms. The second-order valence-corrected chi connectivity index (χ2v) is 6.76. The van der Waals surface area contributed by atoms with Gasteiger partial charge in [-0.25, -0.2) is 0 Å². The van der Waals surface area contributed by atoms with Gasteiger partial charge in [-0.15, -0.1) is 0 Å². The standard InChI is InChI=1S/C20H20N4O3/c1-21-19(26)16-8-12(18(25)23-14-6-7-14)10-24(20(16)27)11-13-9-22-17-5-3-2-4-15(13)17/h2-5,8-10,14,22H,6-7,11H2,1H3,(H,21,26)(H,23,25). The molecule has 2 amide bonds. The molecule has 1 aliphatic carbocycles. The molecular formula is C20H20N4O3. The van der Waals surface area contributed by atoms with E-state index in [9.17, 15) is 14.4 Å². The molecule has 4 rings (SSSR count). The lowest BCUT2D eigenvalue weighted by Gasteiger charge is -2.11. The number of hydrogen-bond acceptors (Lipinski definition) is 3. The minimum Gasteiger partial charge on any atom is -0.361 e. The molecular weight excluding hydrogens is 344 g/mol. The normalized spacial score (nSPS) is 13.5. The molecule has 2 aromatic heterocycles. The summed E-state index contributed by atoms with van der Waals surface area (Å²) in [5.41, 5.74) is 1.72. The number of aromatic amines is 1. The van der Waals surface area contributed by atoms with Crippen molar-refractivity contribution in [3.05, 3.63) is 69.8 Å². The number of amides is 2. The molecule has 7 nitrogen and oxygen atoms in total. The first-order valence-corrected chi connectivity index (χ1v) is 8.89. The van der Waals surface area contributed by atoms with Crippen molar-refractivity contribution in [2.45, 2.75) is 25.4 Å². The maximum atomic E-state index is 12.8. The number of benzene rings is 1. The number of fused-ring (bicyclic) bond motifs is 1. The number of nitrogens with one attached hydrogen (secondary N) is 3. The van der Waals surface area contributed by atoms with Crippen LogP contribution in [0.25, 0.3) is 10.9 Å². The maximum Gasteiger partial charge on any atom is 0.263 e. The predicted molar refractivity (Wildman–Crippen MR) is 102 cm³/mol. The number of H-pyrrole nitrogens is 1. The summed E-state index contributed by atoms with van der Waals surface area (Å²) in [7, 11) is 1.46. The zero-order chi connectivity index (χ0) is 19.0. The van der Waals surface area contributed by atoms with E-state index in [1.807, 2.05) is 30.5 Å². The summed E-state index contributed by atoms with van der Waals surface area (Å²) in [6.07, 6.45) is 5.29. The molecule has 7 heteroatoms. The Morgan fingerprint density at radius 3 is 2.74 bits per heavy atom. The van der Waals surface area contributed by atoms with Crippen molar-refractivity contribution in [2.24, 2.45) is 0 Å². The van der Waals surface area contributed by atoms with Crippen LogP contribution in [0, 0.1) is 0 Å². The fourth-order valence-corrected chi connectivity index (χ4v) is 3.12. The number of pyridine rings is 1. The number of aromatic nitrogens is 2. The quantitative estimate of drug-likeness (QED) is 0.642. The van der Waals surface area contributed by atoms with Gasteiger partial charge in [0.2, 0.25) is 0 Å². The van der Waals surface area contributed by atoms with Gasteiger partial charge in [0.15, 0.2) is 0 Å². The zero-order valence-electron chi connectivity index (χ0n) is 14.9. The van der Waals surface area contributed by atoms with Crippen LogP contribution in [0.4, 0.5) is 0 Å². The molecule has 27 heavy (non-hydrogen) atoms. The van der Waals surface area contributed by atoms with Gasteiger partial charge in [0.25, 0.3) is 17.4 Å². The highest BCUT2D eigenvalue weighted by atomic mass is 16.2. The number of carbonyl (C=O) groups excluding carboxylic acids is 2. The van der Waals surface area contributed by atoms with Crippen molar-refractivity contribution in [3.63, 3.8) is 0 Å². The lowest BCUT2D eigenvalue weighted by Crippen LogP contribution is -2.34. The van der Waals surface area contributed by atoms with Crippen molar-refractivity contribution in [2.75, 3.05) is 7.05 Å². The van der Waals surface area contributed by atoms with Crippen LogP contribution in [-0.4, -0.2) is 34.5 Å². The van der Waals surface area contributed by atoms with Crippen molar-refractivity contribution < 1.29 is 9.59 Å². The molecule has 1 aromatic carbocycles. The van der Waals surface area contributed by atoms with Gasteiger partial charge in [0, 0.05) is 36.4 Å². The number of para-hydroxylation sites is 1. The van der Waals surface area contributed by atoms with Crippen molar-refractivity contribution >= 4 is 22.7 Å². The summed E-state index contributed by atoms with van der Waals surface area (Å²) in [5, 5.41) is 6.36. The SMILES string of the molecule is CNC(=O)c1cc(C(=O)NC2CC2)cn(Cc2c[nH]c3ccccc23)c1=O. The molecule has 0 aliphatic heterocycles. The first-order chi connectivity index (χ1) is 13.1. The summed E-state index contributed by atoms with van der Waals surface area (Å²) >= 11 is 0. The van der Waals surface area contributed by atoms with E-state index < -0.39 is 11.5 Å². The molecule has 1 aliphatic rings. The minimum atomic E-state index is -0.506. The van der Waals surface area contributed by atoms with Crippen LogP contribution in [0.5, 0.6) is 0 Å². The highest BCUT2D eigenvalue weighted by Gasteiger charge is 2.25. The van der Waals surface area contributed by atoms with Crippen LogP contribution in [0.1, 0.15) is 39.1 Å². The molecule has 0 atom stereocenters. The highest BCUT2D eigenvalue weighted by Crippen LogP contribution is 2.20. The summed E-state index contributed by atoms with van der Waals surface area (Å²) in [6.45, 7) is 0.261. The first-order valence-electron chi connectivity index (χ1n) is 8.89. The third-order valence-electron chi connectivity index (χ3n) is 4.75. The van der Waals surface area contributed by atoms with Crippen LogP contribution in [0.15, 0.2) is 47.5 Å². The Kier molecular flexibility index (Phi) is 4.27. The monoisotopic (exact) mass is 364 g/mol. The predicted octanol–water partition coefficient (Wildman–Crippen LogP) is 1.63. The van der Waals surface area contributed by atoms with E-state index in [1.54, 1.807) is 0 Å².